The first kappa shape index (κ1) is 23.2. The normalized spacial score (nSPS) is 22.0. The number of anilines is 4. The summed E-state index contributed by atoms with van der Waals surface area (Å²) >= 11 is 0. The van der Waals surface area contributed by atoms with Gasteiger partial charge in [-0.15, -0.1) is 0 Å². The molecule has 0 saturated heterocycles. The number of benzene rings is 4. The van der Waals surface area contributed by atoms with Crippen molar-refractivity contribution in [3.63, 3.8) is 0 Å². The molecular weight excluding hydrogens is 424 g/mol. The van der Waals surface area contributed by atoms with Crippen molar-refractivity contribution in [3.8, 4) is 11.1 Å². The second-order valence-electron chi connectivity index (χ2n) is 9.60. The lowest BCUT2D eigenvalue weighted by molar-refractivity contribution is 0.249. The van der Waals surface area contributed by atoms with Gasteiger partial charge in [0.2, 0.25) is 0 Å². The summed E-state index contributed by atoms with van der Waals surface area (Å²) in [6.07, 6.45) is 1.33. The van der Waals surface area contributed by atoms with Gasteiger partial charge >= 0.3 is 0 Å². The van der Waals surface area contributed by atoms with Gasteiger partial charge in [0.15, 0.2) is 0 Å². The molecule has 0 radical (unpaired) electrons. The predicted molar refractivity (Wildman–Crippen MR) is 151 cm³/mol. The van der Waals surface area contributed by atoms with Gasteiger partial charge in [0.25, 0.3) is 0 Å². The van der Waals surface area contributed by atoms with Crippen molar-refractivity contribution in [2.45, 2.75) is 52.6 Å². The minimum atomic E-state index is 0.0970. The first-order chi connectivity index (χ1) is 17.1. The summed E-state index contributed by atoms with van der Waals surface area (Å²) < 4.78 is 0. The van der Waals surface area contributed by atoms with Crippen molar-refractivity contribution >= 4 is 22.7 Å². The molecule has 2 aliphatic heterocycles. The summed E-state index contributed by atoms with van der Waals surface area (Å²) in [6.45, 7) is 11.2. The van der Waals surface area contributed by atoms with Crippen molar-refractivity contribution < 1.29 is 0 Å². The Morgan fingerprint density at radius 2 is 1.11 bits per heavy atom. The highest BCUT2D eigenvalue weighted by molar-refractivity contribution is 5.94. The van der Waals surface area contributed by atoms with Crippen LogP contribution in [0.15, 0.2) is 103 Å². The first-order valence-corrected chi connectivity index (χ1v) is 13.1. The Balaban J connectivity index is 0.00000124. The Kier molecular flexibility index (Phi) is 6.15. The van der Waals surface area contributed by atoms with E-state index in [1.54, 1.807) is 0 Å². The zero-order valence-corrected chi connectivity index (χ0v) is 21.6. The van der Waals surface area contributed by atoms with Crippen LogP contribution in [0.25, 0.3) is 11.1 Å². The van der Waals surface area contributed by atoms with Gasteiger partial charge in [0.05, 0.1) is 17.1 Å². The van der Waals surface area contributed by atoms with Gasteiger partial charge in [-0.3, -0.25) is 0 Å². The van der Waals surface area contributed by atoms with Gasteiger partial charge in [-0.25, -0.2) is 0 Å². The van der Waals surface area contributed by atoms with Crippen LogP contribution in [-0.2, 0) is 5.41 Å². The van der Waals surface area contributed by atoms with Crippen LogP contribution >= 0.6 is 0 Å². The molecule has 0 aliphatic carbocycles. The second-order valence-corrected chi connectivity index (χ2v) is 9.60. The summed E-state index contributed by atoms with van der Waals surface area (Å²) in [4.78, 5) is 5.20. The van der Waals surface area contributed by atoms with Gasteiger partial charge in [-0.2, -0.15) is 0 Å². The number of nitrogens with zero attached hydrogens (tertiary/aromatic N) is 2. The quantitative estimate of drug-likeness (QED) is 0.300. The SMILES string of the molecule is CC.CCC1(C)c2ccccc2N2c3ccccc3N(c3ccccc3-c3ccccc3)C2C1C. The molecule has 3 atom stereocenters. The van der Waals surface area contributed by atoms with Crippen molar-refractivity contribution in [3.05, 3.63) is 109 Å². The highest BCUT2D eigenvalue weighted by atomic mass is 15.4. The number of fused-ring (bicyclic) bond motifs is 5. The van der Waals surface area contributed by atoms with Crippen LogP contribution in [0.3, 0.4) is 0 Å². The minimum absolute atomic E-state index is 0.0970. The molecule has 0 spiro atoms. The largest absolute Gasteiger partial charge is 0.318 e. The highest BCUT2D eigenvalue weighted by Crippen LogP contribution is 2.59. The predicted octanol–water partition coefficient (Wildman–Crippen LogP) is 9.31. The van der Waals surface area contributed by atoms with Crippen molar-refractivity contribution in [2.24, 2.45) is 5.92 Å². The maximum atomic E-state index is 2.60. The second kappa shape index (κ2) is 9.26. The summed E-state index contributed by atoms with van der Waals surface area (Å²) in [5.74, 6) is 0.425. The Labute approximate surface area is 210 Å². The van der Waals surface area contributed by atoms with Gasteiger partial charge in [-0.05, 0) is 41.8 Å². The minimum Gasteiger partial charge on any atom is -0.318 e. The number of hydrogen-bond acceptors (Lipinski definition) is 2. The molecule has 0 saturated carbocycles. The van der Waals surface area contributed by atoms with E-state index in [0.29, 0.717) is 5.92 Å². The van der Waals surface area contributed by atoms with Crippen LogP contribution in [-0.4, -0.2) is 6.17 Å². The lowest BCUT2D eigenvalue weighted by Gasteiger charge is -2.51. The van der Waals surface area contributed by atoms with Crippen molar-refractivity contribution in [1.82, 2.24) is 0 Å². The Bertz CT molecular complexity index is 1310. The Morgan fingerprint density at radius 1 is 0.629 bits per heavy atom. The summed E-state index contributed by atoms with van der Waals surface area (Å²) in [7, 11) is 0. The average molecular weight is 461 g/mol. The molecule has 0 aromatic heterocycles. The molecule has 3 unspecified atom stereocenters. The maximum absolute atomic E-state index is 2.60. The van der Waals surface area contributed by atoms with Gasteiger partial charge in [0.1, 0.15) is 6.17 Å². The monoisotopic (exact) mass is 460 g/mol. The van der Waals surface area contributed by atoms with Crippen molar-refractivity contribution in [1.29, 1.82) is 0 Å². The molecule has 2 heteroatoms. The summed E-state index contributed by atoms with van der Waals surface area (Å²) in [6, 6.07) is 37.6. The third kappa shape index (κ3) is 3.46. The van der Waals surface area contributed by atoms with E-state index in [1.165, 1.54) is 39.4 Å². The lowest BCUT2D eigenvalue weighted by Crippen LogP contribution is -2.54. The van der Waals surface area contributed by atoms with E-state index in [0.717, 1.165) is 6.42 Å². The fourth-order valence-electron chi connectivity index (χ4n) is 6.06. The van der Waals surface area contributed by atoms with E-state index in [9.17, 15) is 0 Å². The van der Waals surface area contributed by atoms with Gasteiger partial charge < -0.3 is 9.80 Å². The maximum Gasteiger partial charge on any atom is 0.114 e. The molecule has 0 bridgehead atoms. The Morgan fingerprint density at radius 3 is 1.74 bits per heavy atom. The third-order valence-corrected chi connectivity index (χ3v) is 8.14. The van der Waals surface area contributed by atoms with Crippen LogP contribution < -0.4 is 9.80 Å². The van der Waals surface area contributed by atoms with E-state index < -0.39 is 0 Å². The topological polar surface area (TPSA) is 6.48 Å². The zero-order chi connectivity index (χ0) is 24.6. The van der Waals surface area contributed by atoms with E-state index in [4.69, 9.17) is 0 Å². The molecule has 0 N–H and O–H groups in total. The molecule has 2 aliphatic rings. The standard InChI is InChI=1S/C31H30N2.C2H6/c1-4-31(3)22(2)30-32(26-18-10-8-16-24(26)23-14-6-5-7-15-23)28-20-12-13-21-29(28)33(30)27-19-11-9-17-25(27)31;1-2/h5-22,30H,4H2,1-3H3;1-2H3. The van der Waals surface area contributed by atoms with Crippen LogP contribution in [0.4, 0.5) is 22.7 Å². The molecule has 0 fully saturated rings. The molecular formula is C33H36N2. The fourth-order valence-corrected chi connectivity index (χ4v) is 6.06. The Hall–Kier alpha value is -3.52. The molecule has 4 aromatic carbocycles. The average Bonchev–Trinajstić information content (AvgIpc) is 3.28. The molecule has 2 nitrogen and oxygen atoms in total. The van der Waals surface area contributed by atoms with Crippen LogP contribution in [0.2, 0.25) is 0 Å². The smallest absolute Gasteiger partial charge is 0.114 e. The summed E-state index contributed by atoms with van der Waals surface area (Å²) in [5.41, 5.74) is 9.29. The third-order valence-electron chi connectivity index (χ3n) is 8.14. The molecule has 4 aromatic rings. The van der Waals surface area contributed by atoms with Crippen LogP contribution in [0, 0.1) is 5.92 Å². The van der Waals surface area contributed by atoms with E-state index in [-0.39, 0.29) is 11.6 Å². The molecule has 178 valence electrons. The van der Waals surface area contributed by atoms with E-state index in [2.05, 4.69) is 134 Å². The number of rotatable bonds is 3. The molecule has 6 rings (SSSR count). The molecule has 35 heavy (non-hydrogen) atoms. The number of para-hydroxylation sites is 4. The van der Waals surface area contributed by atoms with Crippen LogP contribution in [0.1, 0.15) is 46.6 Å². The molecule has 0 amide bonds. The van der Waals surface area contributed by atoms with E-state index in [1.807, 2.05) is 13.8 Å². The van der Waals surface area contributed by atoms with E-state index >= 15 is 0 Å². The number of hydrogen-bond donors (Lipinski definition) is 0. The van der Waals surface area contributed by atoms with Crippen LogP contribution in [0.5, 0.6) is 0 Å². The lowest BCUT2D eigenvalue weighted by atomic mass is 9.66. The summed E-state index contributed by atoms with van der Waals surface area (Å²) in [5, 5.41) is 0. The fraction of sp³-hybridized carbons (Fsp3) is 0.273. The highest BCUT2D eigenvalue weighted by Gasteiger charge is 2.52. The first-order valence-electron chi connectivity index (χ1n) is 13.1. The molecule has 2 heterocycles. The van der Waals surface area contributed by atoms with Gasteiger partial charge in [-0.1, -0.05) is 113 Å². The van der Waals surface area contributed by atoms with Crippen molar-refractivity contribution in [2.75, 3.05) is 9.80 Å². The van der Waals surface area contributed by atoms with Gasteiger partial charge in [0, 0.05) is 22.6 Å². The zero-order valence-electron chi connectivity index (χ0n) is 21.6.